The number of carbonyl (C=O) groups is 1. The molecule has 1 aromatic carbocycles. The lowest BCUT2D eigenvalue weighted by Gasteiger charge is -2.11. The van der Waals surface area contributed by atoms with Crippen molar-refractivity contribution in [1.82, 2.24) is 4.98 Å². The van der Waals surface area contributed by atoms with Crippen molar-refractivity contribution in [1.29, 1.82) is 0 Å². The smallest absolute Gasteiger partial charge is 0.187 e. The lowest BCUT2D eigenvalue weighted by molar-refractivity contribution is 0.0962. The van der Waals surface area contributed by atoms with E-state index < -0.39 is 6.04 Å². The second kappa shape index (κ2) is 4.76. The zero-order valence-corrected chi connectivity index (χ0v) is 9.21. The van der Waals surface area contributed by atoms with Crippen molar-refractivity contribution in [2.24, 2.45) is 5.73 Å². The van der Waals surface area contributed by atoms with Gasteiger partial charge in [0, 0.05) is 18.1 Å². The Morgan fingerprint density at radius 1 is 1.18 bits per heavy atom. The fourth-order valence-corrected chi connectivity index (χ4v) is 1.59. The van der Waals surface area contributed by atoms with Crippen LogP contribution in [0, 0.1) is 0 Å². The number of hydrogen-bond acceptors (Lipinski definition) is 4. The predicted octanol–water partition coefficient (Wildman–Crippen LogP) is 1.55. The second-order valence-corrected chi connectivity index (χ2v) is 3.72. The number of nitrogen functional groups attached to an aromatic ring is 1. The summed E-state index contributed by atoms with van der Waals surface area (Å²) in [4.78, 5) is 16.0. The van der Waals surface area contributed by atoms with Crippen molar-refractivity contribution in [3.05, 3.63) is 59.9 Å². The fourth-order valence-electron chi connectivity index (χ4n) is 1.59. The monoisotopic (exact) mass is 227 g/mol. The molecule has 1 heterocycles. The Bertz CT molecular complexity index is 525. The summed E-state index contributed by atoms with van der Waals surface area (Å²) >= 11 is 0. The second-order valence-electron chi connectivity index (χ2n) is 3.72. The van der Waals surface area contributed by atoms with E-state index in [0.29, 0.717) is 11.3 Å². The SMILES string of the molecule is Nc1ccncc1C(=O)C(N)c1ccccc1. The molecule has 2 aromatic rings. The summed E-state index contributed by atoms with van der Waals surface area (Å²) in [7, 11) is 0. The number of carbonyl (C=O) groups excluding carboxylic acids is 1. The first kappa shape index (κ1) is 11.3. The highest BCUT2D eigenvalue weighted by atomic mass is 16.1. The Balaban J connectivity index is 2.30. The molecule has 0 spiro atoms. The topological polar surface area (TPSA) is 82.0 Å². The Morgan fingerprint density at radius 3 is 2.53 bits per heavy atom. The lowest BCUT2D eigenvalue weighted by Crippen LogP contribution is -2.22. The molecule has 0 bridgehead atoms. The van der Waals surface area contributed by atoms with E-state index in [1.54, 1.807) is 12.3 Å². The summed E-state index contributed by atoms with van der Waals surface area (Å²) in [5.41, 5.74) is 13.2. The van der Waals surface area contributed by atoms with E-state index in [9.17, 15) is 4.79 Å². The average Bonchev–Trinajstić information content (AvgIpc) is 2.39. The van der Waals surface area contributed by atoms with Crippen molar-refractivity contribution < 1.29 is 4.79 Å². The molecule has 0 aliphatic carbocycles. The van der Waals surface area contributed by atoms with Gasteiger partial charge in [-0.15, -0.1) is 0 Å². The number of ketones is 1. The first-order valence-electron chi connectivity index (χ1n) is 5.24. The molecular weight excluding hydrogens is 214 g/mol. The summed E-state index contributed by atoms with van der Waals surface area (Å²) in [6.45, 7) is 0. The van der Waals surface area contributed by atoms with Crippen molar-refractivity contribution in [2.75, 3.05) is 5.73 Å². The van der Waals surface area contributed by atoms with Crippen LogP contribution in [-0.2, 0) is 0 Å². The molecule has 4 N–H and O–H groups in total. The van der Waals surface area contributed by atoms with Crippen molar-refractivity contribution in [3.63, 3.8) is 0 Å². The van der Waals surface area contributed by atoms with Crippen LogP contribution < -0.4 is 11.5 Å². The van der Waals surface area contributed by atoms with E-state index in [4.69, 9.17) is 11.5 Å². The molecule has 0 aliphatic heterocycles. The van der Waals surface area contributed by atoms with E-state index in [2.05, 4.69) is 4.98 Å². The minimum Gasteiger partial charge on any atom is -0.398 e. The van der Waals surface area contributed by atoms with E-state index in [1.807, 2.05) is 30.3 Å². The zero-order valence-electron chi connectivity index (χ0n) is 9.21. The molecule has 0 radical (unpaired) electrons. The van der Waals surface area contributed by atoms with Gasteiger partial charge in [-0.3, -0.25) is 9.78 Å². The molecule has 0 saturated heterocycles. The lowest BCUT2D eigenvalue weighted by atomic mass is 9.98. The van der Waals surface area contributed by atoms with Gasteiger partial charge in [0.2, 0.25) is 0 Å². The summed E-state index contributed by atoms with van der Waals surface area (Å²) in [6.07, 6.45) is 2.99. The van der Waals surface area contributed by atoms with Gasteiger partial charge in [-0.25, -0.2) is 0 Å². The molecule has 4 nitrogen and oxygen atoms in total. The highest BCUT2D eigenvalue weighted by Crippen LogP contribution is 2.19. The molecule has 1 atom stereocenters. The van der Waals surface area contributed by atoms with Crippen LogP contribution in [0.5, 0.6) is 0 Å². The Kier molecular flexibility index (Phi) is 3.16. The molecular formula is C13H13N3O. The third kappa shape index (κ3) is 2.32. The van der Waals surface area contributed by atoms with Crippen LogP contribution in [0.3, 0.4) is 0 Å². The van der Waals surface area contributed by atoms with Gasteiger partial charge in [0.1, 0.15) is 0 Å². The van der Waals surface area contributed by atoms with Gasteiger partial charge in [-0.1, -0.05) is 30.3 Å². The quantitative estimate of drug-likeness (QED) is 0.779. The Morgan fingerprint density at radius 2 is 1.88 bits per heavy atom. The first-order valence-corrected chi connectivity index (χ1v) is 5.24. The summed E-state index contributed by atoms with van der Waals surface area (Å²) in [6, 6.07) is 10.1. The minimum absolute atomic E-state index is 0.221. The van der Waals surface area contributed by atoms with Crippen molar-refractivity contribution in [3.8, 4) is 0 Å². The molecule has 1 aromatic heterocycles. The number of anilines is 1. The first-order chi connectivity index (χ1) is 8.20. The van der Waals surface area contributed by atoms with Crippen LogP contribution in [0.1, 0.15) is 22.0 Å². The van der Waals surface area contributed by atoms with E-state index in [0.717, 1.165) is 5.56 Å². The molecule has 0 aliphatic rings. The molecule has 2 rings (SSSR count). The maximum atomic E-state index is 12.1. The third-order valence-corrected chi connectivity index (χ3v) is 2.56. The van der Waals surface area contributed by atoms with Gasteiger partial charge in [-0.2, -0.15) is 0 Å². The number of Topliss-reactive ketones (excluding diaryl/α,β-unsaturated/α-hetero) is 1. The molecule has 17 heavy (non-hydrogen) atoms. The maximum absolute atomic E-state index is 12.1. The normalized spacial score (nSPS) is 12.1. The molecule has 0 fully saturated rings. The summed E-state index contributed by atoms with van der Waals surface area (Å²) in [5.74, 6) is -0.221. The molecule has 86 valence electrons. The fraction of sp³-hybridized carbons (Fsp3) is 0.0769. The third-order valence-electron chi connectivity index (χ3n) is 2.56. The van der Waals surface area contributed by atoms with Crippen molar-refractivity contribution in [2.45, 2.75) is 6.04 Å². The van der Waals surface area contributed by atoms with Gasteiger partial charge >= 0.3 is 0 Å². The van der Waals surface area contributed by atoms with Gasteiger partial charge in [0.15, 0.2) is 5.78 Å². The average molecular weight is 227 g/mol. The van der Waals surface area contributed by atoms with Crippen molar-refractivity contribution >= 4 is 11.5 Å². The van der Waals surface area contributed by atoms with Gasteiger partial charge in [-0.05, 0) is 11.6 Å². The maximum Gasteiger partial charge on any atom is 0.187 e. The Labute approximate surface area is 99.3 Å². The highest BCUT2D eigenvalue weighted by Gasteiger charge is 2.19. The standard InChI is InChI=1S/C13H13N3O/c14-11-6-7-16-8-10(11)13(17)12(15)9-4-2-1-3-5-9/h1-8,12H,15H2,(H2,14,16). The van der Waals surface area contributed by atoms with Crippen LogP contribution in [0.2, 0.25) is 0 Å². The van der Waals surface area contributed by atoms with Crippen LogP contribution in [0.25, 0.3) is 0 Å². The van der Waals surface area contributed by atoms with Crippen LogP contribution in [-0.4, -0.2) is 10.8 Å². The van der Waals surface area contributed by atoms with E-state index >= 15 is 0 Å². The van der Waals surface area contributed by atoms with Crippen LogP contribution >= 0.6 is 0 Å². The molecule has 4 heteroatoms. The van der Waals surface area contributed by atoms with Crippen LogP contribution in [0.15, 0.2) is 48.8 Å². The number of nitrogens with zero attached hydrogens (tertiary/aromatic N) is 1. The minimum atomic E-state index is -0.706. The van der Waals surface area contributed by atoms with Gasteiger partial charge < -0.3 is 11.5 Å². The highest BCUT2D eigenvalue weighted by molar-refractivity contribution is 6.04. The number of aromatic nitrogens is 1. The number of benzene rings is 1. The van der Waals surface area contributed by atoms with Gasteiger partial charge in [0.25, 0.3) is 0 Å². The van der Waals surface area contributed by atoms with E-state index in [-0.39, 0.29) is 5.78 Å². The predicted molar refractivity (Wildman–Crippen MR) is 66.4 cm³/mol. The zero-order chi connectivity index (χ0) is 12.3. The number of pyridine rings is 1. The number of rotatable bonds is 3. The van der Waals surface area contributed by atoms with Gasteiger partial charge in [0.05, 0.1) is 11.6 Å². The van der Waals surface area contributed by atoms with E-state index in [1.165, 1.54) is 6.20 Å². The largest absolute Gasteiger partial charge is 0.398 e. The molecule has 1 unspecified atom stereocenters. The summed E-state index contributed by atoms with van der Waals surface area (Å²) in [5, 5.41) is 0. The summed E-state index contributed by atoms with van der Waals surface area (Å²) < 4.78 is 0. The molecule has 0 amide bonds. The Hall–Kier alpha value is -2.20. The number of nitrogens with two attached hydrogens (primary N) is 2. The van der Waals surface area contributed by atoms with Crippen LogP contribution in [0.4, 0.5) is 5.69 Å². The number of hydrogen-bond donors (Lipinski definition) is 2. The molecule has 0 saturated carbocycles.